The molecule has 2 aromatic carbocycles. The molecule has 0 bridgehead atoms. The predicted octanol–water partition coefficient (Wildman–Crippen LogP) is 3.32. The molecule has 0 aliphatic carbocycles. The Kier molecular flexibility index (Phi) is 4.97. The monoisotopic (exact) mass is 343 g/mol. The average Bonchev–Trinajstić information content (AvgIpc) is 3.05. The molecule has 1 fully saturated rings. The van der Waals surface area contributed by atoms with Gasteiger partial charge in [-0.05, 0) is 36.2 Å². The fourth-order valence-electron chi connectivity index (χ4n) is 2.81. The van der Waals surface area contributed by atoms with Crippen molar-refractivity contribution in [1.29, 1.82) is 0 Å². The minimum absolute atomic E-state index is 0.00234. The molecule has 2 aromatic rings. The van der Waals surface area contributed by atoms with Gasteiger partial charge in [-0.25, -0.2) is 9.18 Å². The molecule has 0 N–H and O–H groups in total. The highest BCUT2D eigenvalue weighted by Gasteiger charge is 2.26. The fourth-order valence-corrected chi connectivity index (χ4v) is 2.81. The SMILES string of the molecule is COc1ccc(COC(=O)c2ccccc2N2CCCC2=O)cc1F. The minimum Gasteiger partial charge on any atom is -0.494 e. The Morgan fingerprint density at radius 1 is 1.24 bits per heavy atom. The summed E-state index contributed by atoms with van der Waals surface area (Å²) in [6.45, 7) is 0.523. The largest absolute Gasteiger partial charge is 0.494 e. The van der Waals surface area contributed by atoms with Crippen molar-refractivity contribution in [2.24, 2.45) is 0 Å². The van der Waals surface area contributed by atoms with Crippen LogP contribution in [-0.4, -0.2) is 25.5 Å². The van der Waals surface area contributed by atoms with Gasteiger partial charge < -0.3 is 14.4 Å². The second-order valence-electron chi connectivity index (χ2n) is 5.71. The highest BCUT2D eigenvalue weighted by Crippen LogP contribution is 2.26. The zero-order chi connectivity index (χ0) is 17.8. The van der Waals surface area contributed by atoms with E-state index in [0.717, 1.165) is 6.42 Å². The molecule has 1 aliphatic rings. The van der Waals surface area contributed by atoms with Crippen LogP contribution in [0.4, 0.5) is 10.1 Å². The van der Waals surface area contributed by atoms with Gasteiger partial charge in [0.15, 0.2) is 11.6 Å². The van der Waals surface area contributed by atoms with Crippen molar-refractivity contribution in [2.75, 3.05) is 18.6 Å². The number of nitrogens with zero attached hydrogens (tertiary/aromatic N) is 1. The highest BCUT2D eigenvalue weighted by molar-refractivity contribution is 6.03. The molecule has 1 aliphatic heterocycles. The van der Waals surface area contributed by atoms with E-state index in [2.05, 4.69) is 0 Å². The molecule has 0 atom stereocenters. The number of esters is 1. The first-order valence-corrected chi connectivity index (χ1v) is 7.99. The Balaban J connectivity index is 1.74. The van der Waals surface area contributed by atoms with Crippen LogP contribution in [0.2, 0.25) is 0 Å². The second-order valence-corrected chi connectivity index (χ2v) is 5.71. The lowest BCUT2D eigenvalue weighted by molar-refractivity contribution is -0.117. The zero-order valence-electron chi connectivity index (χ0n) is 13.8. The van der Waals surface area contributed by atoms with Gasteiger partial charge in [-0.3, -0.25) is 4.79 Å². The maximum atomic E-state index is 13.7. The molecule has 0 radical (unpaired) electrons. The number of halogens is 1. The quantitative estimate of drug-likeness (QED) is 0.782. The summed E-state index contributed by atoms with van der Waals surface area (Å²) in [6, 6.07) is 11.2. The van der Waals surface area contributed by atoms with E-state index in [1.54, 1.807) is 35.2 Å². The van der Waals surface area contributed by atoms with Crippen LogP contribution in [0, 0.1) is 5.82 Å². The summed E-state index contributed by atoms with van der Waals surface area (Å²) >= 11 is 0. The average molecular weight is 343 g/mol. The van der Waals surface area contributed by atoms with Crippen LogP contribution < -0.4 is 9.64 Å². The summed E-state index contributed by atoms with van der Waals surface area (Å²) in [5, 5.41) is 0. The van der Waals surface area contributed by atoms with Crippen LogP contribution >= 0.6 is 0 Å². The third kappa shape index (κ3) is 3.63. The lowest BCUT2D eigenvalue weighted by atomic mass is 10.1. The summed E-state index contributed by atoms with van der Waals surface area (Å²) in [4.78, 5) is 26.0. The van der Waals surface area contributed by atoms with Crippen molar-refractivity contribution < 1.29 is 23.5 Å². The molecule has 1 amide bonds. The molecule has 3 rings (SSSR count). The second kappa shape index (κ2) is 7.34. The van der Waals surface area contributed by atoms with Gasteiger partial charge in [0, 0.05) is 13.0 Å². The molecular formula is C19H18FNO4. The van der Waals surface area contributed by atoms with E-state index < -0.39 is 11.8 Å². The molecule has 1 heterocycles. The summed E-state index contributed by atoms with van der Waals surface area (Å²) in [7, 11) is 1.38. The number of hydrogen-bond donors (Lipinski definition) is 0. The number of benzene rings is 2. The first kappa shape index (κ1) is 17.0. The molecule has 25 heavy (non-hydrogen) atoms. The number of hydrogen-bond acceptors (Lipinski definition) is 4. The summed E-state index contributed by atoms with van der Waals surface area (Å²) in [5.41, 5.74) is 1.39. The molecular weight excluding hydrogens is 325 g/mol. The Bertz CT molecular complexity index is 806. The lowest BCUT2D eigenvalue weighted by Crippen LogP contribution is -2.26. The smallest absolute Gasteiger partial charge is 0.340 e. The lowest BCUT2D eigenvalue weighted by Gasteiger charge is -2.19. The highest BCUT2D eigenvalue weighted by atomic mass is 19.1. The van der Waals surface area contributed by atoms with Crippen molar-refractivity contribution in [3.63, 3.8) is 0 Å². The minimum atomic E-state index is -0.550. The summed E-state index contributed by atoms with van der Waals surface area (Å²) < 4.78 is 23.9. The van der Waals surface area contributed by atoms with Crippen molar-refractivity contribution in [3.05, 3.63) is 59.4 Å². The summed E-state index contributed by atoms with van der Waals surface area (Å²) in [6.07, 6.45) is 1.25. The van der Waals surface area contributed by atoms with Crippen LogP contribution in [0.1, 0.15) is 28.8 Å². The van der Waals surface area contributed by atoms with Gasteiger partial charge in [0.05, 0.1) is 18.4 Å². The molecule has 0 saturated carbocycles. The number of ether oxygens (including phenoxy) is 2. The first-order valence-electron chi connectivity index (χ1n) is 7.99. The number of amides is 1. The van der Waals surface area contributed by atoms with Crippen LogP contribution in [0.25, 0.3) is 0 Å². The van der Waals surface area contributed by atoms with Gasteiger partial charge in [0.25, 0.3) is 0 Å². The van der Waals surface area contributed by atoms with Crippen molar-refractivity contribution in [1.82, 2.24) is 0 Å². The number of rotatable bonds is 5. The number of methoxy groups -OCH3 is 1. The molecule has 6 heteroatoms. The van der Waals surface area contributed by atoms with E-state index in [9.17, 15) is 14.0 Å². The van der Waals surface area contributed by atoms with E-state index in [-0.39, 0.29) is 18.3 Å². The molecule has 0 unspecified atom stereocenters. The Labute approximate surface area is 145 Å². The third-order valence-corrected chi connectivity index (χ3v) is 4.07. The van der Waals surface area contributed by atoms with E-state index >= 15 is 0 Å². The van der Waals surface area contributed by atoms with Crippen molar-refractivity contribution in [2.45, 2.75) is 19.4 Å². The van der Waals surface area contributed by atoms with Gasteiger partial charge in [-0.1, -0.05) is 18.2 Å². The number of para-hydroxylation sites is 1. The van der Waals surface area contributed by atoms with Gasteiger partial charge in [0.1, 0.15) is 6.61 Å². The molecule has 130 valence electrons. The zero-order valence-corrected chi connectivity index (χ0v) is 13.8. The molecule has 5 nitrogen and oxygen atoms in total. The number of carbonyl (C=O) groups is 2. The van der Waals surface area contributed by atoms with Crippen LogP contribution in [0.5, 0.6) is 5.75 Å². The predicted molar refractivity (Wildman–Crippen MR) is 90.1 cm³/mol. The fraction of sp³-hybridized carbons (Fsp3) is 0.263. The van der Waals surface area contributed by atoms with Crippen LogP contribution in [-0.2, 0) is 16.1 Å². The van der Waals surface area contributed by atoms with E-state index in [1.807, 2.05) is 0 Å². The normalized spacial score (nSPS) is 13.8. The van der Waals surface area contributed by atoms with Crippen LogP contribution in [0.15, 0.2) is 42.5 Å². The Hall–Kier alpha value is -2.89. The van der Waals surface area contributed by atoms with Gasteiger partial charge in [-0.2, -0.15) is 0 Å². The van der Waals surface area contributed by atoms with Gasteiger partial charge in [0.2, 0.25) is 5.91 Å². The Morgan fingerprint density at radius 3 is 2.72 bits per heavy atom. The number of anilines is 1. The maximum absolute atomic E-state index is 13.7. The topological polar surface area (TPSA) is 55.8 Å². The van der Waals surface area contributed by atoms with Crippen LogP contribution in [0.3, 0.4) is 0 Å². The van der Waals surface area contributed by atoms with Crippen molar-refractivity contribution in [3.8, 4) is 5.75 Å². The third-order valence-electron chi connectivity index (χ3n) is 4.07. The van der Waals surface area contributed by atoms with Gasteiger partial charge in [-0.15, -0.1) is 0 Å². The van der Waals surface area contributed by atoms with Crippen molar-refractivity contribution >= 4 is 17.6 Å². The number of carbonyl (C=O) groups excluding carboxylic acids is 2. The van der Waals surface area contributed by atoms with E-state index in [0.29, 0.717) is 29.8 Å². The van der Waals surface area contributed by atoms with Gasteiger partial charge >= 0.3 is 5.97 Å². The standard InChI is InChI=1S/C19H18FNO4/c1-24-17-9-8-13(11-15(17)20)12-25-19(23)14-5-2-3-6-16(14)21-10-4-7-18(21)22/h2-3,5-6,8-9,11H,4,7,10,12H2,1H3. The molecule has 1 saturated heterocycles. The molecule has 0 spiro atoms. The van der Waals surface area contributed by atoms with E-state index in [4.69, 9.17) is 9.47 Å². The maximum Gasteiger partial charge on any atom is 0.340 e. The first-order chi connectivity index (χ1) is 12.1. The summed E-state index contributed by atoms with van der Waals surface area (Å²) in [5.74, 6) is -0.934. The van der Waals surface area contributed by atoms with E-state index in [1.165, 1.54) is 19.2 Å². The molecule has 0 aromatic heterocycles. The Morgan fingerprint density at radius 2 is 2.04 bits per heavy atom.